The van der Waals surface area contributed by atoms with E-state index in [9.17, 15) is 9.59 Å². The number of aromatic carboxylic acids is 1. The highest BCUT2D eigenvalue weighted by atomic mass is 79.9. The van der Waals surface area contributed by atoms with Crippen LogP contribution in [0.2, 0.25) is 0 Å². The molecule has 2 rings (SSSR count). The van der Waals surface area contributed by atoms with Crippen LogP contribution >= 0.6 is 15.9 Å². The number of carboxylic acid groups (broad SMARTS) is 1. The predicted molar refractivity (Wildman–Crippen MR) is 80.3 cm³/mol. The first-order valence-electron chi connectivity index (χ1n) is 6.06. The molecule has 0 bridgehead atoms. The maximum Gasteiger partial charge on any atom is 0.335 e. The van der Waals surface area contributed by atoms with Gasteiger partial charge in [0.1, 0.15) is 0 Å². The van der Waals surface area contributed by atoms with Crippen LogP contribution in [0.5, 0.6) is 0 Å². The molecule has 0 aliphatic heterocycles. The Kier molecular flexibility index (Phi) is 4.59. The summed E-state index contributed by atoms with van der Waals surface area (Å²) in [6.07, 6.45) is 3.30. The third-order valence-corrected chi connectivity index (χ3v) is 3.23. The molecular formula is C13H13BrN4O3. The smallest absolute Gasteiger partial charge is 0.335 e. The van der Waals surface area contributed by atoms with Crippen molar-refractivity contribution in [1.82, 2.24) is 15.5 Å². The highest BCUT2D eigenvalue weighted by molar-refractivity contribution is 9.10. The summed E-state index contributed by atoms with van der Waals surface area (Å²) in [4.78, 5) is 22.9. The molecule has 0 aliphatic carbocycles. The van der Waals surface area contributed by atoms with Gasteiger partial charge < -0.3 is 15.7 Å². The van der Waals surface area contributed by atoms with E-state index in [0.717, 1.165) is 5.56 Å². The van der Waals surface area contributed by atoms with E-state index in [-0.39, 0.29) is 11.6 Å². The number of carbonyl (C=O) groups is 2. The number of anilines is 1. The molecule has 0 radical (unpaired) electrons. The minimum atomic E-state index is -1.06. The summed E-state index contributed by atoms with van der Waals surface area (Å²) in [5, 5.41) is 20.8. The molecular weight excluding hydrogens is 340 g/mol. The van der Waals surface area contributed by atoms with Gasteiger partial charge >= 0.3 is 12.0 Å². The van der Waals surface area contributed by atoms with Crippen LogP contribution in [0.3, 0.4) is 0 Å². The number of rotatable bonds is 4. The van der Waals surface area contributed by atoms with E-state index in [2.05, 4.69) is 36.8 Å². The number of carbonyl (C=O) groups excluding carboxylic acids is 1. The largest absolute Gasteiger partial charge is 0.478 e. The molecule has 2 aromatic rings. The Morgan fingerprint density at radius 3 is 2.76 bits per heavy atom. The maximum absolute atomic E-state index is 11.9. The molecule has 1 atom stereocenters. The molecule has 21 heavy (non-hydrogen) atoms. The third-order valence-electron chi connectivity index (χ3n) is 2.77. The SMILES string of the molecule is CC(NC(=O)Nc1cc(Br)cc(C(=O)O)c1)c1cn[nH]c1. The number of nitrogens with zero attached hydrogens (tertiary/aromatic N) is 1. The number of H-pyrrole nitrogens is 1. The van der Waals surface area contributed by atoms with E-state index in [1.54, 1.807) is 18.5 Å². The van der Waals surface area contributed by atoms with Gasteiger partial charge in [0.25, 0.3) is 0 Å². The lowest BCUT2D eigenvalue weighted by Crippen LogP contribution is -2.31. The molecule has 1 aromatic carbocycles. The lowest BCUT2D eigenvalue weighted by molar-refractivity contribution is 0.0697. The second kappa shape index (κ2) is 6.40. The van der Waals surface area contributed by atoms with Crippen molar-refractivity contribution in [2.45, 2.75) is 13.0 Å². The fourth-order valence-electron chi connectivity index (χ4n) is 1.73. The highest BCUT2D eigenvalue weighted by Gasteiger charge is 2.12. The van der Waals surface area contributed by atoms with Crippen molar-refractivity contribution in [2.24, 2.45) is 0 Å². The first-order chi connectivity index (χ1) is 9.95. The number of aromatic nitrogens is 2. The third kappa shape index (κ3) is 4.06. The van der Waals surface area contributed by atoms with Gasteiger partial charge in [-0.05, 0) is 25.1 Å². The quantitative estimate of drug-likeness (QED) is 0.678. The van der Waals surface area contributed by atoms with Gasteiger partial charge in [-0.3, -0.25) is 5.10 Å². The predicted octanol–water partition coefficient (Wildman–Crippen LogP) is 2.75. The van der Waals surface area contributed by atoms with Crippen LogP contribution in [-0.2, 0) is 0 Å². The Hall–Kier alpha value is -2.35. The lowest BCUT2D eigenvalue weighted by atomic mass is 10.2. The number of hydrogen-bond donors (Lipinski definition) is 4. The lowest BCUT2D eigenvalue weighted by Gasteiger charge is -2.13. The monoisotopic (exact) mass is 352 g/mol. The summed E-state index contributed by atoms with van der Waals surface area (Å²) in [5.74, 6) is -1.06. The van der Waals surface area contributed by atoms with Gasteiger partial charge in [-0.2, -0.15) is 5.10 Å². The standard InChI is InChI=1S/C13H13BrN4O3/c1-7(9-5-15-16-6-9)17-13(21)18-11-3-8(12(19)20)2-10(14)4-11/h2-7H,1H3,(H,15,16)(H,19,20)(H2,17,18,21). The van der Waals surface area contributed by atoms with Crippen molar-refractivity contribution in [3.63, 3.8) is 0 Å². The molecule has 1 heterocycles. The summed E-state index contributed by atoms with van der Waals surface area (Å²) >= 11 is 3.21. The molecule has 8 heteroatoms. The first kappa shape index (κ1) is 15.0. The number of benzene rings is 1. The number of urea groups is 1. The number of amides is 2. The molecule has 0 fully saturated rings. The van der Waals surface area contributed by atoms with E-state index in [0.29, 0.717) is 10.2 Å². The van der Waals surface area contributed by atoms with Crippen molar-refractivity contribution >= 4 is 33.6 Å². The second-order valence-electron chi connectivity index (χ2n) is 4.39. The average molecular weight is 353 g/mol. The summed E-state index contributed by atoms with van der Waals surface area (Å²) in [6, 6.07) is 3.80. The van der Waals surface area contributed by atoms with Crippen molar-refractivity contribution in [2.75, 3.05) is 5.32 Å². The molecule has 0 aliphatic rings. The van der Waals surface area contributed by atoms with E-state index in [1.807, 2.05) is 6.92 Å². The van der Waals surface area contributed by atoms with Gasteiger partial charge in [-0.15, -0.1) is 0 Å². The Balaban J connectivity index is 2.04. The number of hydrogen-bond acceptors (Lipinski definition) is 3. The van der Waals surface area contributed by atoms with Gasteiger partial charge in [0.15, 0.2) is 0 Å². The molecule has 1 aromatic heterocycles. The van der Waals surface area contributed by atoms with Crippen LogP contribution in [-0.4, -0.2) is 27.3 Å². The van der Waals surface area contributed by atoms with E-state index in [4.69, 9.17) is 5.11 Å². The first-order valence-corrected chi connectivity index (χ1v) is 6.85. The number of aromatic amines is 1. The van der Waals surface area contributed by atoms with Gasteiger partial charge in [0.2, 0.25) is 0 Å². The van der Waals surface area contributed by atoms with Crippen LogP contribution in [0, 0.1) is 0 Å². The zero-order valence-corrected chi connectivity index (χ0v) is 12.6. The van der Waals surface area contributed by atoms with Crippen molar-refractivity contribution < 1.29 is 14.7 Å². The second-order valence-corrected chi connectivity index (χ2v) is 5.30. The minimum Gasteiger partial charge on any atom is -0.478 e. The molecule has 7 nitrogen and oxygen atoms in total. The van der Waals surface area contributed by atoms with E-state index in [1.165, 1.54) is 12.1 Å². The Morgan fingerprint density at radius 1 is 1.38 bits per heavy atom. The fraction of sp³-hybridized carbons (Fsp3) is 0.154. The summed E-state index contributed by atoms with van der Waals surface area (Å²) < 4.78 is 0.570. The van der Waals surface area contributed by atoms with Crippen LogP contribution in [0.25, 0.3) is 0 Å². The van der Waals surface area contributed by atoms with Gasteiger partial charge in [-0.25, -0.2) is 9.59 Å². The van der Waals surface area contributed by atoms with Crippen LogP contribution < -0.4 is 10.6 Å². The van der Waals surface area contributed by atoms with Crippen LogP contribution in [0.1, 0.15) is 28.9 Å². The molecule has 2 amide bonds. The Bertz CT molecular complexity index is 657. The number of nitrogens with one attached hydrogen (secondary N) is 3. The molecule has 0 spiro atoms. The Morgan fingerprint density at radius 2 is 2.14 bits per heavy atom. The number of halogens is 1. The summed E-state index contributed by atoms with van der Waals surface area (Å²) in [6.45, 7) is 1.81. The van der Waals surface area contributed by atoms with Gasteiger partial charge in [0, 0.05) is 21.9 Å². The molecule has 110 valence electrons. The fourth-order valence-corrected chi connectivity index (χ4v) is 2.22. The van der Waals surface area contributed by atoms with Crippen molar-refractivity contribution in [3.05, 3.63) is 46.2 Å². The van der Waals surface area contributed by atoms with Crippen LogP contribution in [0.15, 0.2) is 35.1 Å². The normalized spacial score (nSPS) is 11.7. The van der Waals surface area contributed by atoms with E-state index < -0.39 is 12.0 Å². The highest BCUT2D eigenvalue weighted by Crippen LogP contribution is 2.20. The Labute approximate surface area is 128 Å². The minimum absolute atomic E-state index is 0.0857. The molecule has 1 unspecified atom stereocenters. The van der Waals surface area contributed by atoms with Crippen molar-refractivity contribution in [3.8, 4) is 0 Å². The van der Waals surface area contributed by atoms with E-state index >= 15 is 0 Å². The van der Waals surface area contributed by atoms with Gasteiger partial charge in [-0.1, -0.05) is 15.9 Å². The average Bonchev–Trinajstić information content (AvgIpc) is 2.91. The van der Waals surface area contributed by atoms with Gasteiger partial charge in [0.05, 0.1) is 17.8 Å². The molecule has 0 saturated heterocycles. The number of carboxylic acids is 1. The zero-order valence-electron chi connectivity index (χ0n) is 11.1. The van der Waals surface area contributed by atoms with Crippen molar-refractivity contribution in [1.29, 1.82) is 0 Å². The summed E-state index contributed by atoms with van der Waals surface area (Å²) in [7, 11) is 0. The molecule has 4 N–H and O–H groups in total. The topological polar surface area (TPSA) is 107 Å². The molecule has 0 saturated carbocycles. The maximum atomic E-state index is 11.9. The summed E-state index contributed by atoms with van der Waals surface area (Å²) in [5.41, 5.74) is 1.31. The van der Waals surface area contributed by atoms with Crippen LogP contribution in [0.4, 0.5) is 10.5 Å². The zero-order chi connectivity index (χ0) is 15.4.